The van der Waals surface area contributed by atoms with E-state index in [1.54, 1.807) is 0 Å². The SMILES string of the molecule is O=C1NC[C@H]2CN(S(=O)(=O)c3ccccc3[N+](=O)[O-])C[C@@H]12. The number of nitro benzene ring substituents is 1. The number of carbonyl (C=O) groups is 1. The van der Waals surface area contributed by atoms with Crippen LogP contribution in [0.25, 0.3) is 0 Å². The van der Waals surface area contributed by atoms with E-state index in [0.29, 0.717) is 6.54 Å². The van der Waals surface area contributed by atoms with Gasteiger partial charge < -0.3 is 5.32 Å². The fourth-order valence-electron chi connectivity index (χ4n) is 2.86. The van der Waals surface area contributed by atoms with Gasteiger partial charge in [-0.25, -0.2) is 8.42 Å². The lowest BCUT2D eigenvalue weighted by atomic mass is 10.0. The van der Waals surface area contributed by atoms with Crippen molar-refractivity contribution in [2.24, 2.45) is 11.8 Å². The van der Waals surface area contributed by atoms with E-state index in [9.17, 15) is 23.3 Å². The largest absolute Gasteiger partial charge is 0.355 e. The number of para-hydroxylation sites is 1. The summed E-state index contributed by atoms with van der Waals surface area (Å²) < 4.78 is 26.3. The molecule has 1 amide bonds. The number of nitro groups is 1. The Labute approximate surface area is 120 Å². The normalized spacial score (nSPS) is 25.6. The number of hydrogen-bond acceptors (Lipinski definition) is 5. The number of amides is 1. The molecule has 2 fully saturated rings. The van der Waals surface area contributed by atoms with Crippen molar-refractivity contribution in [3.63, 3.8) is 0 Å². The topological polar surface area (TPSA) is 110 Å². The summed E-state index contributed by atoms with van der Waals surface area (Å²) in [5.41, 5.74) is -0.445. The van der Waals surface area contributed by atoms with Gasteiger partial charge in [0, 0.05) is 31.6 Å². The van der Waals surface area contributed by atoms with Crippen LogP contribution in [-0.4, -0.2) is 43.2 Å². The van der Waals surface area contributed by atoms with Crippen LogP contribution in [0.2, 0.25) is 0 Å². The molecule has 0 aromatic heterocycles. The monoisotopic (exact) mass is 311 g/mol. The average molecular weight is 311 g/mol. The first-order chi connectivity index (χ1) is 9.91. The van der Waals surface area contributed by atoms with Crippen LogP contribution >= 0.6 is 0 Å². The van der Waals surface area contributed by atoms with Crippen molar-refractivity contribution in [3.05, 3.63) is 34.4 Å². The van der Waals surface area contributed by atoms with Gasteiger partial charge in [0.25, 0.3) is 5.69 Å². The minimum Gasteiger partial charge on any atom is -0.355 e. The predicted molar refractivity (Wildman–Crippen MR) is 71.8 cm³/mol. The first kappa shape index (κ1) is 14.0. The van der Waals surface area contributed by atoms with Crippen molar-refractivity contribution >= 4 is 21.6 Å². The van der Waals surface area contributed by atoms with Crippen molar-refractivity contribution in [2.75, 3.05) is 19.6 Å². The summed E-state index contributed by atoms with van der Waals surface area (Å²) in [5.74, 6) is -0.571. The van der Waals surface area contributed by atoms with Gasteiger partial charge in [-0.3, -0.25) is 14.9 Å². The molecule has 9 heteroatoms. The lowest BCUT2D eigenvalue weighted by molar-refractivity contribution is -0.387. The number of benzene rings is 1. The van der Waals surface area contributed by atoms with E-state index in [1.807, 2.05) is 0 Å². The second-order valence-corrected chi connectivity index (χ2v) is 7.06. The second kappa shape index (κ2) is 4.78. The Morgan fingerprint density at radius 1 is 1.29 bits per heavy atom. The third-order valence-electron chi connectivity index (χ3n) is 3.96. The van der Waals surface area contributed by atoms with Gasteiger partial charge in [0.2, 0.25) is 15.9 Å². The number of hydrogen-bond donors (Lipinski definition) is 1. The van der Waals surface area contributed by atoms with Crippen LogP contribution in [0, 0.1) is 22.0 Å². The van der Waals surface area contributed by atoms with Crippen molar-refractivity contribution < 1.29 is 18.1 Å². The van der Waals surface area contributed by atoms with E-state index < -0.39 is 20.6 Å². The standard InChI is InChI=1S/C12H13N3O5S/c16-12-9-7-14(6-8(9)5-13-12)21(19,20)11-4-2-1-3-10(11)15(17)18/h1-4,8-9H,5-7H2,(H,13,16)/t8-,9+/m0/s1. The maximum Gasteiger partial charge on any atom is 0.289 e. The molecule has 1 aromatic carbocycles. The van der Waals surface area contributed by atoms with Gasteiger partial charge in [-0.05, 0) is 6.07 Å². The Balaban J connectivity index is 1.96. The zero-order valence-corrected chi connectivity index (χ0v) is 11.7. The maximum atomic E-state index is 12.6. The maximum absolute atomic E-state index is 12.6. The minimum absolute atomic E-state index is 0.0601. The fraction of sp³-hybridized carbons (Fsp3) is 0.417. The highest BCUT2D eigenvalue weighted by atomic mass is 32.2. The fourth-order valence-corrected chi connectivity index (χ4v) is 4.54. The van der Waals surface area contributed by atoms with Gasteiger partial charge in [-0.2, -0.15) is 4.31 Å². The highest BCUT2D eigenvalue weighted by molar-refractivity contribution is 7.89. The molecule has 2 aliphatic rings. The first-order valence-electron chi connectivity index (χ1n) is 6.42. The van der Waals surface area contributed by atoms with Crippen LogP contribution in [-0.2, 0) is 14.8 Å². The Hall–Kier alpha value is -2.00. The summed E-state index contributed by atoms with van der Waals surface area (Å²) in [6, 6.07) is 5.25. The van der Waals surface area contributed by atoms with Crippen molar-refractivity contribution in [2.45, 2.75) is 4.90 Å². The molecule has 1 aromatic rings. The summed E-state index contributed by atoms with van der Waals surface area (Å²) in [4.78, 5) is 21.6. The second-order valence-electron chi connectivity index (χ2n) is 5.16. The zero-order chi connectivity index (χ0) is 15.2. The number of nitrogens with one attached hydrogen (secondary N) is 1. The molecular weight excluding hydrogens is 298 g/mol. The van der Waals surface area contributed by atoms with Crippen molar-refractivity contribution in [3.8, 4) is 0 Å². The number of fused-ring (bicyclic) bond motifs is 1. The smallest absolute Gasteiger partial charge is 0.289 e. The molecule has 21 heavy (non-hydrogen) atoms. The highest BCUT2D eigenvalue weighted by Crippen LogP contribution is 2.34. The van der Waals surface area contributed by atoms with Gasteiger partial charge in [-0.1, -0.05) is 12.1 Å². The van der Waals surface area contributed by atoms with Gasteiger partial charge in [0.15, 0.2) is 4.90 Å². The van der Waals surface area contributed by atoms with Crippen molar-refractivity contribution in [1.29, 1.82) is 0 Å². The molecular formula is C12H13N3O5S. The zero-order valence-electron chi connectivity index (χ0n) is 10.9. The Morgan fingerprint density at radius 2 is 2.00 bits per heavy atom. The van der Waals surface area contributed by atoms with Gasteiger partial charge in [0.05, 0.1) is 10.8 Å². The lowest BCUT2D eigenvalue weighted by Crippen LogP contribution is -2.33. The molecule has 2 aliphatic heterocycles. The summed E-state index contributed by atoms with van der Waals surface area (Å²) in [7, 11) is -3.97. The number of rotatable bonds is 3. The molecule has 8 nitrogen and oxygen atoms in total. The number of sulfonamides is 1. The van der Waals surface area contributed by atoms with E-state index in [1.165, 1.54) is 22.5 Å². The molecule has 2 heterocycles. The predicted octanol–water partition coefficient (Wildman–Crippen LogP) is -0.0387. The Morgan fingerprint density at radius 3 is 2.67 bits per heavy atom. The first-order valence-corrected chi connectivity index (χ1v) is 7.86. The van der Waals surface area contributed by atoms with Crippen LogP contribution in [0.3, 0.4) is 0 Å². The van der Waals surface area contributed by atoms with Crippen LogP contribution in [0.1, 0.15) is 0 Å². The number of nitrogens with zero attached hydrogens (tertiary/aromatic N) is 2. The van der Waals surface area contributed by atoms with Crippen LogP contribution in [0.15, 0.2) is 29.2 Å². The van der Waals surface area contributed by atoms with E-state index in [4.69, 9.17) is 0 Å². The molecule has 0 bridgehead atoms. The molecule has 0 radical (unpaired) electrons. The molecule has 2 saturated heterocycles. The summed E-state index contributed by atoms with van der Waals surface area (Å²) in [5, 5.41) is 13.7. The third-order valence-corrected chi connectivity index (χ3v) is 5.84. The summed E-state index contributed by atoms with van der Waals surface area (Å²) >= 11 is 0. The van der Waals surface area contributed by atoms with E-state index >= 15 is 0 Å². The molecule has 2 atom stereocenters. The third kappa shape index (κ3) is 2.18. The molecule has 3 rings (SSSR count). The number of carbonyl (C=O) groups excluding carboxylic acids is 1. The lowest BCUT2D eigenvalue weighted by Gasteiger charge is -2.17. The molecule has 0 unspecified atom stereocenters. The summed E-state index contributed by atoms with van der Waals surface area (Å²) in [6.07, 6.45) is 0. The molecule has 0 saturated carbocycles. The molecule has 112 valence electrons. The van der Waals surface area contributed by atoms with Gasteiger partial charge in [0.1, 0.15) is 0 Å². The van der Waals surface area contributed by atoms with E-state index in [0.717, 1.165) is 6.07 Å². The van der Waals surface area contributed by atoms with Gasteiger partial charge >= 0.3 is 0 Å². The van der Waals surface area contributed by atoms with Crippen molar-refractivity contribution in [1.82, 2.24) is 9.62 Å². The quantitative estimate of drug-likeness (QED) is 0.622. The minimum atomic E-state index is -3.97. The van der Waals surface area contributed by atoms with E-state index in [2.05, 4.69) is 5.32 Å². The summed E-state index contributed by atoms with van der Waals surface area (Å²) in [6.45, 7) is 0.731. The molecule has 0 aliphatic carbocycles. The van der Waals surface area contributed by atoms with Crippen LogP contribution in [0.5, 0.6) is 0 Å². The van der Waals surface area contributed by atoms with E-state index in [-0.39, 0.29) is 35.7 Å². The average Bonchev–Trinajstić information content (AvgIpc) is 3.02. The Bertz CT molecular complexity index is 717. The van der Waals surface area contributed by atoms with Gasteiger partial charge in [-0.15, -0.1) is 0 Å². The highest BCUT2D eigenvalue weighted by Gasteiger charge is 2.47. The van der Waals surface area contributed by atoms with Crippen LogP contribution < -0.4 is 5.32 Å². The van der Waals surface area contributed by atoms with Crippen LogP contribution in [0.4, 0.5) is 5.69 Å². The Kier molecular flexibility index (Phi) is 3.18. The molecule has 1 N–H and O–H groups in total. The molecule has 0 spiro atoms.